The maximum atomic E-state index is 12.8. The molecule has 0 atom stereocenters. The van der Waals surface area contributed by atoms with E-state index < -0.39 is 35.1 Å². The van der Waals surface area contributed by atoms with Gasteiger partial charge >= 0.3 is 12.4 Å². The second-order valence-electron chi connectivity index (χ2n) is 5.42. The molecule has 0 spiro atoms. The minimum Gasteiger partial charge on any atom is -0.383 e. The van der Waals surface area contributed by atoms with E-state index in [2.05, 4.69) is 20.8 Å². The molecule has 0 aliphatic rings. The maximum Gasteiger partial charge on any atom is 0.416 e. The first-order valence-electron chi connectivity index (χ1n) is 7.77. The fraction of sp³-hybridized carbons (Fsp3) is 0.400. The predicted molar refractivity (Wildman–Crippen MR) is 96.1 cm³/mol. The SMILES string of the molecule is COCCNc1nnc(SCC(=O)Nc2cc(C(F)(F)F)cc(C(F)(F)F)c2)s1. The lowest BCUT2D eigenvalue weighted by Crippen LogP contribution is -2.17. The quantitative estimate of drug-likeness (QED) is 0.346. The highest BCUT2D eigenvalue weighted by Gasteiger charge is 2.37. The summed E-state index contributed by atoms with van der Waals surface area (Å²) in [5.41, 5.74) is -3.62. The normalized spacial score (nSPS) is 12.1. The number of alkyl halides is 6. The summed E-state index contributed by atoms with van der Waals surface area (Å²) in [5.74, 6) is -1.06. The lowest BCUT2D eigenvalue weighted by Gasteiger charge is -2.14. The molecule has 0 aliphatic carbocycles. The van der Waals surface area contributed by atoms with Gasteiger partial charge in [-0.2, -0.15) is 26.3 Å². The van der Waals surface area contributed by atoms with E-state index in [0.717, 1.165) is 23.1 Å². The molecular formula is C15H14F6N4O2S2. The molecule has 0 unspecified atom stereocenters. The molecule has 2 rings (SSSR count). The van der Waals surface area contributed by atoms with Crippen molar-refractivity contribution in [1.82, 2.24) is 10.2 Å². The number of hydrogen-bond acceptors (Lipinski definition) is 7. The molecule has 0 aliphatic heterocycles. The number of carbonyl (C=O) groups is 1. The standard InChI is InChI=1S/C15H14F6N4O2S2/c1-27-3-2-22-12-24-25-13(29-12)28-7-11(26)23-10-5-8(14(16,17)18)4-9(6-10)15(19,20)21/h4-6H,2-3,7H2,1H3,(H,22,24)(H,23,26). The smallest absolute Gasteiger partial charge is 0.383 e. The van der Waals surface area contributed by atoms with Gasteiger partial charge in [0.15, 0.2) is 4.34 Å². The predicted octanol–water partition coefficient (Wildman–Crippen LogP) is 4.36. The summed E-state index contributed by atoms with van der Waals surface area (Å²) in [7, 11) is 1.53. The van der Waals surface area contributed by atoms with Crippen LogP contribution in [0.4, 0.5) is 37.2 Å². The molecule has 1 aromatic heterocycles. The van der Waals surface area contributed by atoms with E-state index in [1.807, 2.05) is 0 Å². The highest BCUT2D eigenvalue weighted by molar-refractivity contribution is 8.01. The highest BCUT2D eigenvalue weighted by Crippen LogP contribution is 2.37. The van der Waals surface area contributed by atoms with Crippen LogP contribution in [0.25, 0.3) is 0 Å². The van der Waals surface area contributed by atoms with Gasteiger partial charge in [0.1, 0.15) is 0 Å². The van der Waals surface area contributed by atoms with Crippen LogP contribution in [0.1, 0.15) is 11.1 Å². The first-order valence-corrected chi connectivity index (χ1v) is 9.57. The van der Waals surface area contributed by atoms with Crippen molar-refractivity contribution >= 4 is 39.8 Å². The number of anilines is 2. The van der Waals surface area contributed by atoms with Gasteiger partial charge in [-0.1, -0.05) is 23.1 Å². The summed E-state index contributed by atoms with van der Waals surface area (Å²) < 4.78 is 82.3. The van der Waals surface area contributed by atoms with Gasteiger partial charge in [-0.3, -0.25) is 4.79 Å². The Labute approximate surface area is 169 Å². The first-order chi connectivity index (χ1) is 13.5. The van der Waals surface area contributed by atoms with Gasteiger partial charge in [-0.05, 0) is 18.2 Å². The number of methoxy groups -OCH3 is 1. The number of halogens is 6. The zero-order chi connectivity index (χ0) is 21.7. The maximum absolute atomic E-state index is 12.8. The van der Waals surface area contributed by atoms with Gasteiger partial charge < -0.3 is 15.4 Å². The van der Waals surface area contributed by atoms with Crippen molar-refractivity contribution in [3.8, 4) is 0 Å². The Morgan fingerprint density at radius 2 is 1.72 bits per heavy atom. The molecule has 0 fully saturated rings. The highest BCUT2D eigenvalue weighted by atomic mass is 32.2. The molecule has 1 amide bonds. The van der Waals surface area contributed by atoms with E-state index in [-0.39, 0.29) is 11.8 Å². The Kier molecular flexibility index (Phi) is 7.71. The van der Waals surface area contributed by atoms with Gasteiger partial charge in [-0.25, -0.2) is 0 Å². The summed E-state index contributed by atoms with van der Waals surface area (Å²) in [6.07, 6.45) is -9.98. The number of aromatic nitrogens is 2. The monoisotopic (exact) mass is 460 g/mol. The molecule has 0 radical (unpaired) electrons. The lowest BCUT2D eigenvalue weighted by atomic mass is 10.1. The molecule has 14 heteroatoms. The minimum absolute atomic E-state index is 0.0102. The lowest BCUT2D eigenvalue weighted by molar-refractivity contribution is -0.143. The van der Waals surface area contributed by atoms with Crippen LogP contribution in [0.2, 0.25) is 0 Å². The number of nitrogens with one attached hydrogen (secondary N) is 2. The number of rotatable bonds is 8. The summed E-state index contributed by atoms with van der Waals surface area (Å²) in [6, 6.07) is 0.880. The minimum atomic E-state index is -4.99. The van der Waals surface area contributed by atoms with Crippen molar-refractivity contribution in [2.24, 2.45) is 0 Å². The molecule has 6 nitrogen and oxygen atoms in total. The third-order valence-electron chi connectivity index (χ3n) is 3.19. The summed E-state index contributed by atoms with van der Waals surface area (Å²) in [6.45, 7) is 0.939. The van der Waals surface area contributed by atoms with Crippen molar-refractivity contribution in [3.05, 3.63) is 29.3 Å². The van der Waals surface area contributed by atoms with E-state index in [4.69, 9.17) is 4.74 Å². The van der Waals surface area contributed by atoms with Crippen LogP contribution in [-0.2, 0) is 21.9 Å². The fourth-order valence-electron chi connectivity index (χ4n) is 1.95. The fourth-order valence-corrected chi connectivity index (χ4v) is 3.53. The van der Waals surface area contributed by atoms with Gasteiger partial charge in [-0.15, -0.1) is 10.2 Å². The largest absolute Gasteiger partial charge is 0.416 e. The van der Waals surface area contributed by atoms with Crippen molar-refractivity contribution in [3.63, 3.8) is 0 Å². The van der Waals surface area contributed by atoms with Crippen LogP contribution < -0.4 is 10.6 Å². The summed E-state index contributed by atoms with van der Waals surface area (Å²) in [5, 5.41) is 13.1. The van der Waals surface area contributed by atoms with Gasteiger partial charge in [0.2, 0.25) is 11.0 Å². The number of amides is 1. The molecule has 2 aromatic rings. The number of thioether (sulfide) groups is 1. The van der Waals surface area contributed by atoms with Gasteiger partial charge in [0, 0.05) is 19.3 Å². The number of nitrogens with zero attached hydrogens (tertiary/aromatic N) is 2. The third kappa shape index (κ3) is 7.36. The van der Waals surface area contributed by atoms with Gasteiger partial charge in [0.25, 0.3) is 0 Å². The van der Waals surface area contributed by atoms with Crippen molar-refractivity contribution in [1.29, 1.82) is 0 Å². The van der Waals surface area contributed by atoms with E-state index in [9.17, 15) is 31.1 Å². The molecule has 2 N–H and O–H groups in total. The second-order valence-corrected chi connectivity index (χ2v) is 7.62. The number of hydrogen-bond donors (Lipinski definition) is 2. The Morgan fingerprint density at radius 3 is 2.28 bits per heavy atom. The average Bonchev–Trinajstić information content (AvgIpc) is 3.06. The van der Waals surface area contributed by atoms with Crippen LogP contribution in [0.5, 0.6) is 0 Å². The zero-order valence-electron chi connectivity index (χ0n) is 14.6. The molecule has 0 saturated heterocycles. The van der Waals surface area contributed by atoms with Crippen molar-refractivity contribution < 1.29 is 35.9 Å². The van der Waals surface area contributed by atoms with Crippen molar-refractivity contribution in [2.45, 2.75) is 16.7 Å². The first kappa shape index (κ1) is 23.2. The van der Waals surface area contributed by atoms with Gasteiger partial charge in [0.05, 0.1) is 23.5 Å². The Balaban J connectivity index is 2.01. The van der Waals surface area contributed by atoms with E-state index in [0.29, 0.717) is 34.8 Å². The Bertz CT molecular complexity index is 809. The molecule has 160 valence electrons. The number of ether oxygens (including phenoxy) is 1. The summed E-state index contributed by atoms with van der Waals surface area (Å²) in [4.78, 5) is 12.0. The van der Waals surface area contributed by atoms with Crippen LogP contribution in [0.3, 0.4) is 0 Å². The Morgan fingerprint density at radius 1 is 1.10 bits per heavy atom. The van der Waals surface area contributed by atoms with E-state index >= 15 is 0 Å². The van der Waals surface area contributed by atoms with E-state index in [1.54, 1.807) is 0 Å². The zero-order valence-corrected chi connectivity index (χ0v) is 16.3. The van der Waals surface area contributed by atoms with Crippen LogP contribution >= 0.6 is 23.1 Å². The van der Waals surface area contributed by atoms with Crippen LogP contribution in [-0.4, -0.2) is 42.1 Å². The molecule has 0 bridgehead atoms. The molecular weight excluding hydrogens is 446 g/mol. The average molecular weight is 460 g/mol. The molecule has 1 aromatic carbocycles. The third-order valence-corrected chi connectivity index (χ3v) is 5.20. The van der Waals surface area contributed by atoms with E-state index in [1.165, 1.54) is 7.11 Å². The van der Waals surface area contributed by atoms with Crippen molar-refractivity contribution in [2.75, 3.05) is 36.6 Å². The number of carbonyl (C=O) groups excluding carboxylic acids is 1. The molecule has 29 heavy (non-hydrogen) atoms. The van der Waals surface area contributed by atoms with Crippen LogP contribution in [0.15, 0.2) is 22.5 Å². The number of benzene rings is 1. The van der Waals surface area contributed by atoms with Crippen LogP contribution in [0, 0.1) is 0 Å². The topological polar surface area (TPSA) is 76.1 Å². The second kappa shape index (κ2) is 9.63. The Hall–Kier alpha value is -2.06. The molecule has 1 heterocycles. The molecule has 0 saturated carbocycles. The summed E-state index contributed by atoms with van der Waals surface area (Å²) >= 11 is 2.08.